The second-order valence-electron chi connectivity index (χ2n) is 5.65. The summed E-state index contributed by atoms with van der Waals surface area (Å²) in [6.45, 7) is 6.70. The Kier molecular flexibility index (Phi) is 5.53. The number of hydrogen-bond acceptors (Lipinski definition) is 4. The maximum atomic E-state index is 9.46. The molecular weight excluding hydrogens is 264 g/mol. The number of aliphatic hydroxyl groups is 1. The van der Waals surface area contributed by atoms with E-state index in [0.29, 0.717) is 18.2 Å². The summed E-state index contributed by atoms with van der Waals surface area (Å²) in [4.78, 5) is 6.89. The molecular formula is C17H24N2O2. The monoisotopic (exact) mass is 288 g/mol. The Morgan fingerprint density at radius 1 is 1.29 bits per heavy atom. The average molecular weight is 288 g/mol. The van der Waals surface area contributed by atoms with Crippen molar-refractivity contribution in [2.24, 2.45) is 5.92 Å². The molecule has 2 aromatic rings. The van der Waals surface area contributed by atoms with Crippen LogP contribution in [0.4, 0.5) is 5.82 Å². The molecule has 0 spiro atoms. The largest absolute Gasteiger partial charge is 0.390 e. The number of aromatic nitrogens is 1. The lowest BCUT2D eigenvalue weighted by atomic mass is 10.1. The lowest BCUT2D eigenvalue weighted by molar-refractivity contribution is 0.204. The van der Waals surface area contributed by atoms with E-state index < -0.39 is 0 Å². The van der Waals surface area contributed by atoms with Crippen molar-refractivity contribution in [3.63, 3.8) is 0 Å². The van der Waals surface area contributed by atoms with E-state index in [9.17, 15) is 5.11 Å². The molecule has 1 aromatic carbocycles. The van der Waals surface area contributed by atoms with Crippen LogP contribution in [0.1, 0.15) is 19.5 Å². The normalized spacial score (nSPS) is 11.3. The number of nitrogens with zero attached hydrogens (tertiary/aromatic N) is 2. The summed E-state index contributed by atoms with van der Waals surface area (Å²) in [7, 11) is 1.71. The summed E-state index contributed by atoms with van der Waals surface area (Å²) < 4.78 is 5.23. The van der Waals surface area contributed by atoms with Gasteiger partial charge in [-0.2, -0.15) is 0 Å². The maximum absolute atomic E-state index is 9.46. The Labute approximate surface area is 126 Å². The predicted molar refractivity (Wildman–Crippen MR) is 86.6 cm³/mol. The minimum atomic E-state index is -0.0440. The summed E-state index contributed by atoms with van der Waals surface area (Å²) in [5.74, 6) is 1.46. The fourth-order valence-electron chi connectivity index (χ4n) is 2.48. The molecule has 0 atom stereocenters. The molecule has 2 rings (SSSR count). The van der Waals surface area contributed by atoms with Gasteiger partial charge in [-0.15, -0.1) is 0 Å². The van der Waals surface area contributed by atoms with Gasteiger partial charge in [0.15, 0.2) is 0 Å². The molecule has 0 aliphatic carbocycles. The van der Waals surface area contributed by atoms with Crippen molar-refractivity contribution in [1.29, 1.82) is 0 Å². The first-order valence-corrected chi connectivity index (χ1v) is 7.39. The first-order valence-electron chi connectivity index (χ1n) is 7.39. The van der Waals surface area contributed by atoms with Gasteiger partial charge in [0.1, 0.15) is 5.82 Å². The fraction of sp³-hybridized carbons (Fsp3) is 0.471. The Hall–Kier alpha value is -1.65. The Morgan fingerprint density at radius 2 is 2.05 bits per heavy atom. The van der Waals surface area contributed by atoms with Gasteiger partial charge in [-0.05, 0) is 17.4 Å². The SMILES string of the molecule is COCCN(CC(C)C)c1nc(CO)cc2ccccc12. The van der Waals surface area contributed by atoms with Gasteiger partial charge in [-0.3, -0.25) is 0 Å². The number of fused-ring (bicyclic) bond motifs is 1. The van der Waals surface area contributed by atoms with Crippen molar-refractivity contribution in [3.05, 3.63) is 36.0 Å². The number of anilines is 1. The van der Waals surface area contributed by atoms with Crippen molar-refractivity contribution in [3.8, 4) is 0 Å². The molecule has 0 saturated carbocycles. The molecule has 4 nitrogen and oxygen atoms in total. The van der Waals surface area contributed by atoms with E-state index in [1.165, 1.54) is 0 Å². The van der Waals surface area contributed by atoms with Crippen molar-refractivity contribution in [1.82, 2.24) is 4.98 Å². The van der Waals surface area contributed by atoms with Gasteiger partial charge in [-0.1, -0.05) is 38.1 Å². The minimum absolute atomic E-state index is 0.0440. The summed E-state index contributed by atoms with van der Waals surface area (Å²) in [5, 5.41) is 11.7. The number of rotatable bonds is 7. The van der Waals surface area contributed by atoms with E-state index in [1.54, 1.807) is 7.11 Å². The molecule has 0 fully saturated rings. The highest BCUT2D eigenvalue weighted by atomic mass is 16.5. The van der Waals surface area contributed by atoms with Crippen molar-refractivity contribution < 1.29 is 9.84 Å². The number of hydrogen-bond donors (Lipinski definition) is 1. The highest BCUT2D eigenvalue weighted by Crippen LogP contribution is 2.26. The van der Waals surface area contributed by atoms with E-state index in [-0.39, 0.29) is 6.61 Å². The minimum Gasteiger partial charge on any atom is -0.390 e. The highest BCUT2D eigenvalue weighted by molar-refractivity contribution is 5.92. The van der Waals surface area contributed by atoms with Crippen LogP contribution < -0.4 is 4.90 Å². The van der Waals surface area contributed by atoms with E-state index in [1.807, 2.05) is 18.2 Å². The van der Waals surface area contributed by atoms with Gasteiger partial charge < -0.3 is 14.7 Å². The van der Waals surface area contributed by atoms with Crippen LogP contribution in [0.25, 0.3) is 10.8 Å². The molecule has 0 bridgehead atoms. The first kappa shape index (κ1) is 15.7. The Morgan fingerprint density at radius 3 is 2.71 bits per heavy atom. The quantitative estimate of drug-likeness (QED) is 0.851. The van der Waals surface area contributed by atoms with Crippen molar-refractivity contribution in [2.45, 2.75) is 20.5 Å². The number of benzene rings is 1. The zero-order valence-electron chi connectivity index (χ0n) is 13.0. The second-order valence-corrected chi connectivity index (χ2v) is 5.65. The number of pyridine rings is 1. The third-order valence-corrected chi connectivity index (χ3v) is 3.39. The first-order chi connectivity index (χ1) is 10.2. The average Bonchev–Trinajstić information content (AvgIpc) is 2.50. The van der Waals surface area contributed by atoms with Crippen molar-refractivity contribution >= 4 is 16.6 Å². The molecule has 1 N–H and O–H groups in total. The number of methoxy groups -OCH3 is 1. The van der Waals surface area contributed by atoms with Crippen LogP contribution in [0.15, 0.2) is 30.3 Å². The third kappa shape index (κ3) is 3.93. The lowest BCUT2D eigenvalue weighted by Crippen LogP contribution is -2.32. The molecule has 0 amide bonds. The van der Waals surface area contributed by atoms with Gasteiger partial charge in [0.25, 0.3) is 0 Å². The molecule has 0 aliphatic heterocycles. The summed E-state index contributed by atoms with van der Waals surface area (Å²) in [6.07, 6.45) is 0. The van der Waals surface area contributed by atoms with E-state index >= 15 is 0 Å². The summed E-state index contributed by atoms with van der Waals surface area (Å²) in [6, 6.07) is 10.1. The van der Waals surface area contributed by atoms with Crippen molar-refractivity contribution in [2.75, 3.05) is 31.7 Å². The van der Waals surface area contributed by atoms with Crippen LogP contribution in [0.5, 0.6) is 0 Å². The van der Waals surface area contributed by atoms with Gasteiger partial charge in [0.2, 0.25) is 0 Å². The fourth-order valence-corrected chi connectivity index (χ4v) is 2.48. The van der Waals surface area contributed by atoms with E-state index in [0.717, 1.165) is 29.7 Å². The second kappa shape index (κ2) is 7.38. The number of aliphatic hydroxyl groups excluding tert-OH is 1. The molecule has 1 aromatic heterocycles. The highest BCUT2D eigenvalue weighted by Gasteiger charge is 2.14. The molecule has 0 radical (unpaired) electrons. The topological polar surface area (TPSA) is 45.6 Å². The zero-order chi connectivity index (χ0) is 15.2. The molecule has 21 heavy (non-hydrogen) atoms. The van der Waals surface area contributed by atoms with Crippen LogP contribution >= 0.6 is 0 Å². The standard InChI is InChI=1S/C17H24N2O2/c1-13(2)11-19(8-9-21-3)17-16-7-5-4-6-14(16)10-15(12-20)18-17/h4-7,10,13,20H,8-9,11-12H2,1-3H3. The third-order valence-electron chi connectivity index (χ3n) is 3.39. The van der Waals surface area contributed by atoms with Crippen LogP contribution in [0.2, 0.25) is 0 Å². The lowest BCUT2D eigenvalue weighted by Gasteiger charge is -2.27. The van der Waals surface area contributed by atoms with E-state index in [4.69, 9.17) is 4.74 Å². The van der Waals surface area contributed by atoms with Crippen LogP contribution in [0, 0.1) is 5.92 Å². The van der Waals surface area contributed by atoms with Crippen LogP contribution in [0.3, 0.4) is 0 Å². The van der Waals surface area contributed by atoms with Gasteiger partial charge in [0, 0.05) is 25.6 Å². The molecule has 0 unspecified atom stereocenters. The van der Waals surface area contributed by atoms with Crippen LogP contribution in [-0.4, -0.2) is 36.9 Å². The van der Waals surface area contributed by atoms with Gasteiger partial charge >= 0.3 is 0 Å². The molecule has 0 aliphatic rings. The zero-order valence-corrected chi connectivity index (χ0v) is 13.0. The van der Waals surface area contributed by atoms with Gasteiger partial charge in [0.05, 0.1) is 18.9 Å². The smallest absolute Gasteiger partial charge is 0.136 e. The van der Waals surface area contributed by atoms with Crippen LogP contribution in [-0.2, 0) is 11.3 Å². The summed E-state index contributed by atoms with van der Waals surface area (Å²) >= 11 is 0. The predicted octanol–water partition coefficient (Wildman–Crippen LogP) is 2.84. The molecule has 1 heterocycles. The summed E-state index contributed by atoms with van der Waals surface area (Å²) in [5.41, 5.74) is 0.704. The Bertz CT molecular complexity index is 584. The molecule has 114 valence electrons. The van der Waals surface area contributed by atoms with Gasteiger partial charge in [-0.25, -0.2) is 4.98 Å². The maximum Gasteiger partial charge on any atom is 0.136 e. The van der Waals surface area contributed by atoms with E-state index in [2.05, 4.69) is 35.9 Å². The molecule has 4 heteroatoms. The number of ether oxygens (including phenoxy) is 1. The molecule has 0 saturated heterocycles. The Balaban J connectivity index is 2.48.